The van der Waals surface area contributed by atoms with Crippen molar-refractivity contribution in [3.05, 3.63) is 21.3 Å². The van der Waals surface area contributed by atoms with Crippen molar-refractivity contribution in [3.8, 4) is 0 Å². The highest BCUT2D eigenvalue weighted by Gasteiger charge is 2.25. The molecule has 1 saturated carbocycles. The van der Waals surface area contributed by atoms with Crippen molar-refractivity contribution >= 4 is 28.7 Å². The fourth-order valence-corrected chi connectivity index (χ4v) is 3.71. The topological polar surface area (TPSA) is 26.3 Å². The van der Waals surface area contributed by atoms with Gasteiger partial charge in [0.1, 0.15) is 6.61 Å². The Morgan fingerprint density at radius 2 is 2.00 bits per heavy atom. The van der Waals surface area contributed by atoms with E-state index in [1.165, 1.54) is 17.8 Å². The van der Waals surface area contributed by atoms with E-state index >= 15 is 0 Å². The molecular weight excluding hydrogens is 268 g/mol. The second-order valence-electron chi connectivity index (χ2n) is 5.38. The Morgan fingerprint density at radius 1 is 1.33 bits per heavy atom. The molecule has 2 nitrogen and oxygen atoms in total. The molecule has 1 aliphatic carbocycles. The normalized spacial score (nSPS) is 28.3. The molecule has 18 heavy (non-hydrogen) atoms. The molecular formula is C14H19ClO2S. The van der Waals surface area contributed by atoms with Gasteiger partial charge in [0.2, 0.25) is 0 Å². The summed E-state index contributed by atoms with van der Waals surface area (Å²) in [6.07, 6.45) is 3.66. The van der Waals surface area contributed by atoms with Gasteiger partial charge in [-0.05, 0) is 43.2 Å². The summed E-state index contributed by atoms with van der Waals surface area (Å²) >= 11 is 7.14. The van der Waals surface area contributed by atoms with Crippen molar-refractivity contribution in [2.75, 3.05) is 6.61 Å². The molecule has 1 aromatic rings. The third-order valence-corrected chi connectivity index (χ3v) is 4.71. The van der Waals surface area contributed by atoms with Crippen molar-refractivity contribution in [2.45, 2.75) is 39.2 Å². The van der Waals surface area contributed by atoms with Gasteiger partial charge in [-0.25, -0.2) is 0 Å². The van der Waals surface area contributed by atoms with E-state index in [0.717, 1.165) is 12.8 Å². The van der Waals surface area contributed by atoms with Gasteiger partial charge >= 0.3 is 0 Å². The van der Waals surface area contributed by atoms with Crippen LogP contribution in [0.25, 0.3) is 0 Å². The monoisotopic (exact) mass is 286 g/mol. The van der Waals surface area contributed by atoms with E-state index in [1.54, 1.807) is 12.1 Å². The lowest BCUT2D eigenvalue weighted by molar-refractivity contribution is 0.00577. The summed E-state index contributed by atoms with van der Waals surface area (Å²) in [6, 6.07) is 3.52. The Bertz CT molecular complexity index is 406. The van der Waals surface area contributed by atoms with E-state index in [-0.39, 0.29) is 18.5 Å². The Morgan fingerprint density at radius 3 is 2.56 bits per heavy atom. The van der Waals surface area contributed by atoms with Crippen LogP contribution in [0.3, 0.4) is 0 Å². The van der Waals surface area contributed by atoms with Crippen LogP contribution in [0.5, 0.6) is 0 Å². The minimum atomic E-state index is 0.0396. The van der Waals surface area contributed by atoms with E-state index in [2.05, 4.69) is 13.8 Å². The van der Waals surface area contributed by atoms with Gasteiger partial charge < -0.3 is 4.74 Å². The lowest BCUT2D eigenvalue weighted by Crippen LogP contribution is -2.28. The quantitative estimate of drug-likeness (QED) is 0.766. The van der Waals surface area contributed by atoms with Gasteiger partial charge in [-0.15, -0.1) is 11.3 Å². The maximum absolute atomic E-state index is 11.9. The van der Waals surface area contributed by atoms with Crippen LogP contribution >= 0.6 is 22.9 Å². The minimum Gasteiger partial charge on any atom is -0.370 e. The van der Waals surface area contributed by atoms with Crippen molar-refractivity contribution < 1.29 is 9.53 Å². The van der Waals surface area contributed by atoms with Crippen molar-refractivity contribution in [3.63, 3.8) is 0 Å². The minimum absolute atomic E-state index is 0.0396. The molecule has 1 heterocycles. The molecule has 0 bridgehead atoms. The molecule has 0 spiro atoms. The Labute approximate surface area is 117 Å². The zero-order valence-electron chi connectivity index (χ0n) is 10.8. The molecule has 2 unspecified atom stereocenters. The first kappa shape index (κ1) is 14.0. The predicted octanol–water partition coefficient (Wildman–Crippen LogP) is 4.43. The molecule has 1 aliphatic rings. The van der Waals surface area contributed by atoms with E-state index < -0.39 is 0 Å². The number of thiophene rings is 1. The molecule has 2 atom stereocenters. The Kier molecular flexibility index (Phi) is 4.82. The smallest absolute Gasteiger partial charge is 0.198 e. The summed E-state index contributed by atoms with van der Waals surface area (Å²) in [5.74, 6) is 1.44. The second-order valence-corrected chi connectivity index (χ2v) is 7.09. The van der Waals surface area contributed by atoms with Crippen LogP contribution in [0.15, 0.2) is 12.1 Å². The van der Waals surface area contributed by atoms with Gasteiger partial charge in [-0.1, -0.05) is 25.4 Å². The Balaban J connectivity index is 1.82. The van der Waals surface area contributed by atoms with Crippen molar-refractivity contribution in [1.29, 1.82) is 0 Å². The van der Waals surface area contributed by atoms with Crippen LogP contribution < -0.4 is 0 Å². The fourth-order valence-electron chi connectivity index (χ4n) is 2.74. The molecule has 0 radical (unpaired) electrons. The van der Waals surface area contributed by atoms with Gasteiger partial charge in [0.25, 0.3) is 0 Å². The molecule has 0 amide bonds. The SMILES string of the molecule is CC1CC(C)CC(OCC(=O)c2ccc(Cl)s2)C1. The first-order valence-corrected chi connectivity index (χ1v) is 7.64. The van der Waals surface area contributed by atoms with E-state index in [9.17, 15) is 4.79 Å². The molecule has 1 fully saturated rings. The summed E-state index contributed by atoms with van der Waals surface area (Å²) in [6.45, 7) is 4.70. The van der Waals surface area contributed by atoms with Crippen LogP contribution in [-0.4, -0.2) is 18.5 Å². The molecule has 0 aliphatic heterocycles. The predicted molar refractivity (Wildman–Crippen MR) is 75.6 cm³/mol. The van der Waals surface area contributed by atoms with Gasteiger partial charge in [-0.2, -0.15) is 0 Å². The van der Waals surface area contributed by atoms with Crippen molar-refractivity contribution in [1.82, 2.24) is 0 Å². The summed E-state index contributed by atoms with van der Waals surface area (Å²) in [4.78, 5) is 12.6. The molecule has 0 N–H and O–H groups in total. The number of carbonyl (C=O) groups excluding carboxylic acids is 1. The third kappa shape index (κ3) is 3.81. The number of carbonyl (C=O) groups is 1. The largest absolute Gasteiger partial charge is 0.370 e. The van der Waals surface area contributed by atoms with Crippen LogP contribution in [0.1, 0.15) is 42.8 Å². The molecule has 4 heteroatoms. The summed E-state index contributed by atoms with van der Waals surface area (Å²) in [5, 5.41) is 0. The highest BCUT2D eigenvalue weighted by atomic mass is 35.5. The number of halogens is 1. The highest BCUT2D eigenvalue weighted by Crippen LogP contribution is 2.30. The molecule has 100 valence electrons. The first-order valence-electron chi connectivity index (χ1n) is 6.44. The van der Waals surface area contributed by atoms with E-state index in [1.807, 2.05) is 0 Å². The highest BCUT2D eigenvalue weighted by molar-refractivity contribution is 7.18. The summed E-state index contributed by atoms with van der Waals surface area (Å²) in [7, 11) is 0. The van der Waals surface area contributed by atoms with Crippen LogP contribution in [-0.2, 0) is 4.74 Å². The molecule has 1 aromatic heterocycles. The molecule has 0 aromatic carbocycles. The Hall–Kier alpha value is -0.380. The number of ketones is 1. The molecule has 2 rings (SSSR count). The van der Waals surface area contributed by atoms with Crippen LogP contribution in [0.4, 0.5) is 0 Å². The van der Waals surface area contributed by atoms with Gasteiger partial charge in [-0.3, -0.25) is 4.79 Å². The first-order chi connectivity index (χ1) is 8.54. The van der Waals surface area contributed by atoms with Crippen LogP contribution in [0, 0.1) is 11.8 Å². The second kappa shape index (κ2) is 6.18. The summed E-state index contributed by atoms with van der Waals surface area (Å²) < 4.78 is 6.41. The standard InChI is InChI=1S/C14H19ClO2S/c1-9-5-10(2)7-11(6-9)17-8-12(16)13-3-4-14(15)18-13/h3-4,9-11H,5-8H2,1-2H3. The maximum Gasteiger partial charge on any atom is 0.198 e. The van der Waals surface area contributed by atoms with Gasteiger partial charge in [0, 0.05) is 0 Å². The molecule has 0 saturated heterocycles. The number of Topliss-reactive ketones (excluding diaryl/α,β-unsaturated/α-hetero) is 1. The maximum atomic E-state index is 11.9. The number of hydrogen-bond donors (Lipinski definition) is 0. The number of hydrogen-bond acceptors (Lipinski definition) is 3. The third-order valence-electron chi connectivity index (χ3n) is 3.43. The van der Waals surface area contributed by atoms with Gasteiger partial charge in [0.05, 0.1) is 15.3 Å². The van der Waals surface area contributed by atoms with Crippen LogP contribution in [0.2, 0.25) is 4.34 Å². The average molecular weight is 287 g/mol. The zero-order valence-corrected chi connectivity index (χ0v) is 12.4. The van der Waals surface area contributed by atoms with Gasteiger partial charge in [0.15, 0.2) is 5.78 Å². The summed E-state index contributed by atoms with van der Waals surface area (Å²) in [5.41, 5.74) is 0. The lowest BCUT2D eigenvalue weighted by atomic mass is 9.82. The average Bonchev–Trinajstić information content (AvgIpc) is 2.71. The van der Waals surface area contributed by atoms with E-state index in [0.29, 0.717) is 21.0 Å². The number of rotatable bonds is 4. The van der Waals surface area contributed by atoms with Crippen molar-refractivity contribution in [2.24, 2.45) is 11.8 Å². The fraction of sp³-hybridized carbons (Fsp3) is 0.643. The van der Waals surface area contributed by atoms with E-state index in [4.69, 9.17) is 16.3 Å². The number of ether oxygens (including phenoxy) is 1. The lowest BCUT2D eigenvalue weighted by Gasteiger charge is -2.31. The zero-order chi connectivity index (χ0) is 13.1.